The van der Waals surface area contributed by atoms with E-state index < -0.39 is 0 Å². The number of fused-ring (bicyclic) bond motifs is 1. The second kappa shape index (κ2) is 6.08. The summed E-state index contributed by atoms with van der Waals surface area (Å²) in [6.45, 7) is 1.61. The van der Waals surface area contributed by atoms with Crippen LogP contribution in [-0.2, 0) is 6.54 Å². The van der Waals surface area contributed by atoms with Gasteiger partial charge in [-0.15, -0.1) is 11.8 Å². The molecule has 1 aliphatic rings. The normalized spacial score (nSPS) is 13.9. The van der Waals surface area contributed by atoms with Crippen molar-refractivity contribution in [3.05, 3.63) is 66.4 Å². The molecule has 1 aliphatic heterocycles. The first kappa shape index (κ1) is 14.3. The third-order valence-electron chi connectivity index (χ3n) is 3.83. The van der Waals surface area contributed by atoms with Crippen molar-refractivity contribution in [3.8, 4) is 11.3 Å². The van der Waals surface area contributed by atoms with Crippen molar-refractivity contribution < 1.29 is 8.81 Å². The topological polar surface area (TPSA) is 29.3 Å². The molecule has 2 aromatic carbocycles. The van der Waals surface area contributed by atoms with Gasteiger partial charge in [0.15, 0.2) is 5.76 Å². The quantitative estimate of drug-likeness (QED) is 0.704. The third-order valence-corrected chi connectivity index (χ3v) is 4.88. The summed E-state index contributed by atoms with van der Waals surface area (Å²) in [7, 11) is 0. The van der Waals surface area contributed by atoms with Crippen LogP contribution in [-0.4, -0.2) is 17.3 Å². The Labute approximate surface area is 138 Å². The molecule has 23 heavy (non-hydrogen) atoms. The van der Waals surface area contributed by atoms with Gasteiger partial charge >= 0.3 is 0 Å². The first-order valence-electron chi connectivity index (χ1n) is 7.47. The largest absolute Gasteiger partial charge is 0.439 e. The summed E-state index contributed by atoms with van der Waals surface area (Å²) in [6.07, 6.45) is 1.70. The fourth-order valence-corrected chi connectivity index (χ4v) is 3.74. The highest BCUT2D eigenvalue weighted by Gasteiger charge is 2.19. The Morgan fingerprint density at radius 2 is 1.96 bits per heavy atom. The van der Waals surface area contributed by atoms with Crippen LogP contribution in [0.25, 0.3) is 11.3 Å². The molecule has 0 saturated heterocycles. The molecule has 0 bridgehead atoms. The number of thioether (sulfide) groups is 1. The van der Waals surface area contributed by atoms with E-state index in [1.807, 2.05) is 11.8 Å². The molecule has 0 spiro atoms. The Balaban J connectivity index is 1.56. The van der Waals surface area contributed by atoms with Crippen LogP contribution >= 0.6 is 11.8 Å². The molecule has 4 rings (SSSR count). The van der Waals surface area contributed by atoms with Crippen LogP contribution in [0.15, 0.2) is 64.0 Å². The summed E-state index contributed by atoms with van der Waals surface area (Å²) in [5.74, 6) is 2.14. The molecule has 0 atom stereocenters. The standard InChI is InChI=1S/C18H15FN2OS/c19-14-7-5-13(6-8-14)16-11-20-18(22-16)12-21-9-10-23-17-4-2-1-3-15(17)21/h1-8,11H,9-10,12H2. The molecule has 3 nitrogen and oxygen atoms in total. The molecule has 0 aliphatic carbocycles. The summed E-state index contributed by atoms with van der Waals surface area (Å²) in [5, 5.41) is 0. The fourth-order valence-electron chi connectivity index (χ4n) is 2.69. The molecule has 116 valence electrons. The van der Waals surface area contributed by atoms with Gasteiger partial charge in [0.1, 0.15) is 5.82 Å². The molecule has 0 amide bonds. The summed E-state index contributed by atoms with van der Waals surface area (Å²) in [6, 6.07) is 14.6. The predicted octanol–water partition coefficient (Wildman–Crippen LogP) is 4.59. The molecule has 0 N–H and O–H groups in total. The van der Waals surface area contributed by atoms with E-state index in [-0.39, 0.29) is 5.82 Å². The summed E-state index contributed by atoms with van der Waals surface area (Å²) in [5.41, 5.74) is 2.06. The number of hydrogen-bond acceptors (Lipinski definition) is 4. The van der Waals surface area contributed by atoms with Crippen molar-refractivity contribution in [3.63, 3.8) is 0 Å². The SMILES string of the molecule is Fc1ccc(-c2cnc(CN3CCSc4ccccc43)o2)cc1. The van der Waals surface area contributed by atoms with Gasteiger partial charge in [-0.3, -0.25) is 0 Å². The van der Waals surface area contributed by atoms with Crippen LogP contribution in [0.5, 0.6) is 0 Å². The van der Waals surface area contributed by atoms with Crippen molar-refractivity contribution in [2.45, 2.75) is 11.4 Å². The van der Waals surface area contributed by atoms with E-state index in [1.165, 1.54) is 22.7 Å². The molecular weight excluding hydrogens is 311 g/mol. The maximum Gasteiger partial charge on any atom is 0.214 e. The lowest BCUT2D eigenvalue weighted by atomic mass is 10.2. The lowest BCUT2D eigenvalue weighted by molar-refractivity contribution is 0.499. The number of hydrogen-bond donors (Lipinski definition) is 0. The zero-order valence-electron chi connectivity index (χ0n) is 12.4. The number of rotatable bonds is 3. The maximum atomic E-state index is 13.0. The smallest absolute Gasteiger partial charge is 0.214 e. The van der Waals surface area contributed by atoms with Gasteiger partial charge in [-0.2, -0.15) is 0 Å². The second-order valence-electron chi connectivity index (χ2n) is 5.36. The van der Waals surface area contributed by atoms with Crippen LogP contribution < -0.4 is 4.90 Å². The van der Waals surface area contributed by atoms with Gasteiger partial charge in [-0.1, -0.05) is 12.1 Å². The zero-order chi connectivity index (χ0) is 15.6. The minimum absolute atomic E-state index is 0.254. The van der Waals surface area contributed by atoms with Crippen LogP contribution in [0.3, 0.4) is 0 Å². The van der Waals surface area contributed by atoms with Gasteiger partial charge < -0.3 is 9.32 Å². The summed E-state index contributed by atoms with van der Waals surface area (Å²) in [4.78, 5) is 7.95. The summed E-state index contributed by atoms with van der Waals surface area (Å²) < 4.78 is 18.8. The molecule has 0 fully saturated rings. The van der Waals surface area contributed by atoms with Gasteiger partial charge in [0, 0.05) is 22.8 Å². The number of nitrogens with zero attached hydrogens (tertiary/aromatic N) is 2. The summed E-state index contributed by atoms with van der Waals surface area (Å²) >= 11 is 1.88. The lowest BCUT2D eigenvalue weighted by Gasteiger charge is -2.29. The number of aromatic nitrogens is 1. The molecule has 0 radical (unpaired) electrons. The molecule has 0 unspecified atom stereocenters. The average molecular weight is 326 g/mol. The van der Waals surface area contributed by atoms with Crippen molar-refractivity contribution >= 4 is 17.4 Å². The van der Waals surface area contributed by atoms with Crippen LogP contribution in [0, 0.1) is 5.82 Å². The number of para-hydroxylation sites is 1. The van der Waals surface area contributed by atoms with Gasteiger partial charge in [0.25, 0.3) is 0 Å². The highest BCUT2D eigenvalue weighted by Crippen LogP contribution is 2.35. The Morgan fingerprint density at radius 1 is 1.13 bits per heavy atom. The molecular formula is C18H15FN2OS. The monoisotopic (exact) mass is 326 g/mol. The van der Waals surface area contributed by atoms with E-state index in [0.717, 1.165) is 17.9 Å². The number of halogens is 1. The second-order valence-corrected chi connectivity index (χ2v) is 6.50. The molecule has 1 aromatic heterocycles. The molecule has 0 saturated carbocycles. The number of anilines is 1. The third kappa shape index (κ3) is 2.97. The van der Waals surface area contributed by atoms with E-state index in [1.54, 1.807) is 18.3 Å². The highest BCUT2D eigenvalue weighted by molar-refractivity contribution is 7.99. The van der Waals surface area contributed by atoms with E-state index in [2.05, 4.69) is 34.1 Å². The van der Waals surface area contributed by atoms with Crippen LogP contribution in [0.2, 0.25) is 0 Å². The van der Waals surface area contributed by atoms with Crippen molar-refractivity contribution in [1.82, 2.24) is 4.98 Å². The minimum Gasteiger partial charge on any atom is -0.439 e. The van der Waals surface area contributed by atoms with Crippen molar-refractivity contribution in [2.75, 3.05) is 17.2 Å². The van der Waals surface area contributed by atoms with E-state index in [4.69, 9.17) is 4.42 Å². The van der Waals surface area contributed by atoms with Gasteiger partial charge in [0.05, 0.1) is 18.4 Å². The van der Waals surface area contributed by atoms with Crippen molar-refractivity contribution in [2.24, 2.45) is 0 Å². The fraction of sp³-hybridized carbons (Fsp3) is 0.167. The lowest BCUT2D eigenvalue weighted by Crippen LogP contribution is -2.28. The first-order valence-corrected chi connectivity index (χ1v) is 8.45. The van der Waals surface area contributed by atoms with Crippen LogP contribution in [0.4, 0.5) is 10.1 Å². The highest BCUT2D eigenvalue weighted by atomic mass is 32.2. The Hall–Kier alpha value is -2.27. The molecule has 5 heteroatoms. The van der Waals surface area contributed by atoms with Gasteiger partial charge in [0.2, 0.25) is 5.89 Å². The Bertz CT molecular complexity index is 816. The predicted molar refractivity (Wildman–Crippen MR) is 90.1 cm³/mol. The van der Waals surface area contributed by atoms with Crippen LogP contribution in [0.1, 0.15) is 5.89 Å². The first-order chi connectivity index (χ1) is 11.3. The maximum absolute atomic E-state index is 13.0. The Morgan fingerprint density at radius 3 is 2.83 bits per heavy atom. The number of benzene rings is 2. The van der Waals surface area contributed by atoms with E-state index >= 15 is 0 Å². The number of oxazole rings is 1. The minimum atomic E-state index is -0.254. The molecule has 3 aromatic rings. The molecule has 2 heterocycles. The van der Waals surface area contributed by atoms with E-state index in [0.29, 0.717) is 18.2 Å². The zero-order valence-corrected chi connectivity index (χ0v) is 13.2. The van der Waals surface area contributed by atoms with Gasteiger partial charge in [-0.25, -0.2) is 9.37 Å². The average Bonchev–Trinajstić information content (AvgIpc) is 3.04. The van der Waals surface area contributed by atoms with Crippen molar-refractivity contribution in [1.29, 1.82) is 0 Å². The van der Waals surface area contributed by atoms with Gasteiger partial charge in [-0.05, 0) is 36.4 Å². The Kier molecular flexibility index (Phi) is 3.79. The van der Waals surface area contributed by atoms with E-state index in [9.17, 15) is 4.39 Å².